The summed E-state index contributed by atoms with van der Waals surface area (Å²) in [6.45, 7) is 5.04. The van der Waals surface area contributed by atoms with Crippen molar-refractivity contribution in [1.29, 1.82) is 0 Å². The molecule has 0 radical (unpaired) electrons. The van der Waals surface area contributed by atoms with Crippen LogP contribution in [0.3, 0.4) is 0 Å². The van der Waals surface area contributed by atoms with Crippen LogP contribution in [0.5, 0.6) is 0 Å². The third-order valence-electron chi connectivity index (χ3n) is 3.37. The zero-order valence-electron chi connectivity index (χ0n) is 12.9. The normalized spacial score (nSPS) is 14.3. The zero-order valence-corrected chi connectivity index (χ0v) is 12.9. The van der Waals surface area contributed by atoms with Crippen LogP contribution in [0.4, 0.5) is 11.4 Å². The molecular weight excluding hydrogens is 282 g/mol. The lowest BCUT2D eigenvalue weighted by Gasteiger charge is -2.16. The van der Waals surface area contributed by atoms with E-state index in [-0.39, 0.29) is 11.8 Å². The van der Waals surface area contributed by atoms with Gasteiger partial charge in [0.1, 0.15) is 0 Å². The van der Waals surface area contributed by atoms with E-state index < -0.39 is 11.8 Å². The van der Waals surface area contributed by atoms with Crippen molar-refractivity contribution >= 4 is 29.1 Å². The first-order valence-corrected chi connectivity index (χ1v) is 7.47. The first-order valence-electron chi connectivity index (χ1n) is 7.47. The van der Waals surface area contributed by atoms with Gasteiger partial charge in [0.15, 0.2) is 0 Å². The molecule has 1 saturated heterocycles. The van der Waals surface area contributed by atoms with Gasteiger partial charge in [-0.25, -0.2) is 0 Å². The number of hydrogen-bond acceptors (Lipinski definition) is 3. The van der Waals surface area contributed by atoms with Gasteiger partial charge in [-0.1, -0.05) is 19.9 Å². The summed E-state index contributed by atoms with van der Waals surface area (Å²) in [5.74, 6) is -0.999. The Kier molecular flexibility index (Phi) is 5.14. The van der Waals surface area contributed by atoms with Crippen LogP contribution in [0, 0.1) is 5.92 Å². The highest BCUT2D eigenvalue weighted by Crippen LogP contribution is 2.24. The van der Waals surface area contributed by atoms with Crippen molar-refractivity contribution in [2.24, 2.45) is 5.92 Å². The van der Waals surface area contributed by atoms with Crippen LogP contribution in [-0.4, -0.2) is 30.8 Å². The van der Waals surface area contributed by atoms with Crippen molar-refractivity contribution in [1.82, 2.24) is 5.32 Å². The zero-order chi connectivity index (χ0) is 16.1. The molecule has 1 aliphatic heterocycles. The van der Waals surface area contributed by atoms with E-state index in [9.17, 15) is 14.4 Å². The SMILES string of the molecule is CC(C)CNC(=O)C(=O)Nc1cccc(N2CCCC2=O)c1. The number of carbonyl (C=O) groups is 3. The Balaban J connectivity index is 1.99. The van der Waals surface area contributed by atoms with E-state index in [0.717, 1.165) is 12.1 Å². The largest absolute Gasteiger partial charge is 0.348 e. The number of anilines is 2. The van der Waals surface area contributed by atoms with Crippen molar-refractivity contribution in [3.05, 3.63) is 24.3 Å². The predicted molar refractivity (Wildman–Crippen MR) is 84.5 cm³/mol. The van der Waals surface area contributed by atoms with Gasteiger partial charge in [0.25, 0.3) is 0 Å². The molecule has 1 aromatic rings. The molecular formula is C16H21N3O3. The molecule has 0 unspecified atom stereocenters. The summed E-state index contributed by atoms with van der Waals surface area (Å²) in [4.78, 5) is 36.9. The fourth-order valence-corrected chi connectivity index (χ4v) is 2.24. The molecule has 0 saturated carbocycles. The van der Waals surface area contributed by atoms with Crippen molar-refractivity contribution < 1.29 is 14.4 Å². The monoisotopic (exact) mass is 303 g/mol. The molecule has 1 fully saturated rings. The molecule has 6 heteroatoms. The summed E-state index contributed by atoms with van der Waals surface area (Å²) in [5.41, 5.74) is 1.24. The third-order valence-corrected chi connectivity index (χ3v) is 3.37. The van der Waals surface area contributed by atoms with Gasteiger partial charge in [0, 0.05) is 30.9 Å². The second-order valence-corrected chi connectivity index (χ2v) is 5.76. The number of rotatable bonds is 4. The summed E-state index contributed by atoms with van der Waals surface area (Å²) in [6.07, 6.45) is 1.39. The van der Waals surface area contributed by atoms with Crippen LogP contribution >= 0.6 is 0 Å². The van der Waals surface area contributed by atoms with Gasteiger partial charge >= 0.3 is 11.8 Å². The molecule has 3 amide bonds. The van der Waals surface area contributed by atoms with Gasteiger partial charge in [-0.2, -0.15) is 0 Å². The van der Waals surface area contributed by atoms with Gasteiger partial charge in [0.05, 0.1) is 0 Å². The first-order chi connectivity index (χ1) is 10.5. The smallest absolute Gasteiger partial charge is 0.313 e. The van der Waals surface area contributed by atoms with Crippen molar-refractivity contribution in [2.75, 3.05) is 23.3 Å². The first kappa shape index (κ1) is 16.0. The van der Waals surface area contributed by atoms with Crippen LogP contribution in [0.25, 0.3) is 0 Å². The van der Waals surface area contributed by atoms with Gasteiger partial charge in [0.2, 0.25) is 5.91 Å². The molecule has 0 atom stereocenters. The second-order valence-electron chi connectivity index (χ2n) is 5.76. The fourth-order valence-electron chi connectivity index (χ4n) is 2.24. The molecule has 1 heterocycles. The fraction of sp³-hybridized carbons (Fsp3) is 0.438. The maximum atomic E-state index is 11.8. The molecule has 118 valence electrons. The van der Waals surface area contributed by atoms with Gasteiger partial charge in [-0.3, -0.25) is 14.4 Å². The topological polar surface area (TPSA) is 78.5 Å². The standard InChI is InChI=1S/C16H21N3O3/c1-11(2)10-17-15(21)16(22)18-12-5-3-6-13(9-12)19-8-4-7-14(19)20/h3,5-6,9,11H,4,7-8,10H2,1-2H3,(H,17,21)(H,18,22). The quantitative estimate of drug-likeness (QED) is 0.828. The molecule has 2 rings (SSSR count). The average molecular weight is 303 g/mol. The van der Waals surface area contributed by atoms with E-state index in [2.05, 4.69) is 10.6 Å². The lowest BCUT2D eigenvalue weighted by molar-refractivity contribution is -0.136. The van der Waals surface area contributed by atoms with E-state index in [1.807, 2.05) is 19.9 Å². The molecule has 0 aromatic heterocycles. The highest BCUT2D eigenvalue weighted by Gasteiger charge is 2.22. The maximum absolute atomic E-state index is 11.8. The minimum Gasteiger partial charge on any atom is -0.348 e. The van der Waals surface area contributed by atoms with E-state index in [1.54, 1.807) is 23.1 Å². The minimum atomic E-state index is -0.703. The van der Waals surface area contributed by atoms with E-state index in [1.165, 1.54) is 0 Å². The second kappa shape index (κ2) is 7.06. The molecule has 0 aliphatic carbocycles. The predicted octanol–water partition coefficient (Wildman–Crippen LogP) is 1.52. The average Bonchev–Trinajstić information content (AvgIpc) is 2.91. The maximum Gasteiger partial charge on any atom is 0.313 e. The number of amides is 3. The molecule has 1 aliphatic rings. The number of carbonyl (C=O) groups excluding carboxylic acids is 3. The third kappa shape index (κ3) is 4.07. The van der Waals surface area contributed by atoms with E-state index >= 15 is 0 Å². The van der Waals surface area contributed by atoms with Crippen LogP contribution in [0.2, 0.25) is 0 Å². The Hall–Kier alpha value is -2.37. The summed E-state index contributed by atoms with van der Waals surface area (Å²) < 4.78 is 0. The molecule has 0 spiro atoms. The summed E-state index contributed by atoms with van der Waals surface area (Å²) in [6, 6.07) is 6.97. The van der Waals surface area contributed by atoms with Gasteiger partial charge in [-0.15, -0.1) is 0 Å². The summed E-state index contributed by atoms with van der Waals surface area (Å²) in [7, 11) is 0. The van der Waals surface area contributed by atoms with Crippen LogP contribution in [-0.2, 0) is 14.4 Å². The summed E-state index contributed by atoms with van der Waals surface area (Å²) >= 11 is 0. The molecule has 6 nitrogen and oxygen atoms in total. The van der Waals surface area contributed by atoms with Crippen LogP contribution in [0.1, 0.15) is 26.7 Å². The number of nitrogens with one attached hydrogen (secondary N) is 2. The molecule has 22 heavy (non-hydrogen) atoms. The van der Waals surface area contributed by atoms with Crippen LogP contribution < -0.4 is 15.5 Å². The van der Waals surface area contributed by atoms with Gasteiger partial charge < -0.3 is 15.5 Å². The Bertz CT molecular complexity index is 584. The number of nitrogens with zero attached hydrogens (tertiary/aromatic N) is 1. The number of hydrogen-bond donors (Lipinski definition) is 2. The highest BCUT2D eigenvalue weighted by molar-refractivity contribution is 6.39. The summed E-state index contributed by atoms with van der Waals surface area (Å²) in [5, 5.41) is 5.12. The Morgan fingerprint density at radius 3 is 2.68 bits per heavy atom. The van der Waals surface area contributed by atoms with Crippen LogP contribution in [0.15, 0.2) is 24.3 Å². The van der Waals surface area contributed by atoms with Crippen molar-refractivity contribution in [2.45, 2.75) is 26.7 Å². The van der Waals surface area contributed by atoms with Crippen molar-refractivity contribution in [3.8, 4) is 0 Å². The minimum absolute atomic E-state index is 0.0816. The lowest BCUT2D eigenvalue weighted by atomic mass is 10.2. The van der Waals surface area contributed by atoms with E-state index in [0.29, 0.717) is 25.2 Å². The lowest BCUT2D eigenvalue weighted by Crippen LogP contribution is -2.37. The Morgan fingerprint density at radius 1 is 1.27 bits per heavy atom. The molecule has 1 aromatic carbocycles. The Morgan fingerprint density at radius 2 is 2.05 bits per heavy atom. The molecule has 0 bridgehead atoms. The van der Waals surface area contributed by atoms with Crippen molar-refractivity contribution in [3.63, 3.8) is 0 Å². The number of benzene rings is 1. The highest BCUT2D eigenvalue weighted by atomic mass is 16.2. The van der Waals surface area contributed by atoms with Gasteiger partial charge in [-0.05, 0) is 30.5 Å². The van der Waals surface area contributed by atoms with E-state index in [4.69, 9.17) is 0 Å². The Labute approximate surface area is 129 Å². The molecule has 2 N–H and O–H groups in total.